The Morgan fingerprint density at radius 1 is 1.06 bits per heavy atom. The number of ether oxygens (including phenoxy) is 2. The van der Waals surface area contributed by atoms with Crippen molar-refractivity contribution in [2.45, 2.75) is 109 Å². The summed E-state index contributed by atoms with van der Waals surface area (Å²) in [6, 6.07) is 4.32. The fourth-order valence-electron chi connectivity index (χ4n) is 6.30. The summed E-state index contributed by atoms with van der Waals surface area (Å²) in [5.74, 6) is -1.57. The number of carbonyl (C=O) groups is 4. The molecule has 0 bridgehead atoms. The van der Waals surface area contributed by atoms with Crippen LogP contribution in [-0.2, 0) is 24.4 Å². The number of nitrogens with zero attached hydrogens (tertiary/aromatic N) is 2. The molecule has 0 radical (unpaired) electrons. The van der Waals surface area contributed by atoms with Crippen LogP contribution in [0.15, 0.2) is 43.1 Å². The van der Waals surface area contributed by atoms with E-state index in [2.05, 4.69) is 32.2 Å². The Hall–Kier alpha value is -4.40. The lowest BCUT2D eigenvalue weighted by Gasteiger charge is -2.36. The highest BCUT2D eigenvalue weighted by atomic mass is 32.2. The van der Waals surface area contributed by atoms with E-state index in [1.807, 2.05) is 66.7 Å². The lowest BCUT2D eigenvalue weighted by Crippen LogP contribution is -2.61. The predicted molar refractivity (Wildman–Crippen MR) is 196 cm³/mol. The van der Waals surface area contributed by atoms with Gasteiger partial charge in [0.2, 0.25) is 27.7 Å². The van der Waals surface area contributed by atoms with Gasteiger partial charge >= 0.3 is 6.03 Å². The smallest absolute Gasteiger partial charge is 0.315 e. The Balaban J connectivity index is 1.44. The van der Waals surface area contributed by atoms with Crippen LogP contribution < -0.4 is 30.1 Å². The second-order valence-electron chi connectivity index (χ2n) is 16.4. The van der Waals surface area contributed by atoms with Crippen LogP contribution >= 0.6 is 0 Å². The van der Waals surface area contributed by atoms with E-state index in [0.29, 0.717) is 29.9 Å². The van der Waals surface area contributed by atoms with Crippen LogP contribution in [0.2, 0.25) is 0 Å². The first-order valence-electron chi connectivity index (χ1n) is 17.7. The van der Waals surface area contributed by atoms with Gasteiger partial charge in [0.25, 0.3) is 5.91 Å². The minimum Gasteiger partial charge on any atom is -0.497 e. The van der Waals surface area contributed by atoms with E-state index < -0.39 is 74.1 Å². The van der Waals surface area contributed by atoms with Crippen molar-refractivity contribution < 1.29 is 37.1 Å². The van der Waals surface area contributed by atoms with Gasteiger partial charge in [0, 0.05) is 30.0 Å². The maximum atomic E-state index is 14.6. The number of urea groups is 1. The van der Waals surface area contributed by atoms with Crippen LogP contribution in [0.1, 0.15) is 74.1 Å². The highest BCUT2D eigenvalue weighted by Crippen LogP contribution is 2.45. The lowest BCUT2D eigenvalue weighted by atomic mass is 9.85. The number of aromatic nitrogens is 1. The molecule has 14 nitrogen and oxygen atoms in total. The van der Waals surface area contributed by atoms with Gasteiger partial charge in [-0.25, -0.2) is 18.2 Å². The van der Waals surface area contributed by atoms with Gasteiger partial charge in [0.15, 0.2) is 0 Å². The molecule has 0 unspecified atom stereocenters. The summed E-state index contributed by atoms with van der Waals surface area (Å²) in [5.41, 5.74) is -2.57. The zero-order valence-corrected chi connectivity index (χ0v) is 32.1. The van der Waals surface area contributed by atoms with Gasteiger partial charge < -0.3 is 30.3 Å². The fourth-order valence-corrected chi connectivity index (χ4v) is 7.67. The van der Waals surface area contributed by atoms with Crippen molar-refractivity contribution in [1.82, 2.24) is 30.6 Å². The summed E-state index contributed by atoms with van der Waals surface area (Å²) in [7, 11) is -2.32. The van der Waals surface area contributed by atoms with E-state index in [4.69, 9.17) is 9.47 Å². The third-order valence-electron chi connectivity index (χ3n) is 10.3. The molecule has 1 aliphatic heterocycles. The summed E-state index contributed by atoms with van der Waals surface area (Å²) >= 11 is 0. The molecule has 52 heavy (non-hydrogen) atoms. The average molecular weight is 741 g/mol. The highest BCUT2D eigenvalue weighted by molar-refractivity contribution is 7.91. The Bertz CT molecular complexity index is 1850. The zero-order chi connectivity index (χ0) is 38.4. The van der Waals surface area contributed by atoms with Crippen molar-refractivity contribution >= 4 is 44.5 Å². The summed E-state index contributed by atoms with van der Waals surface area (Å²) in [6.45, 7) is 17.0. The summed E-state index contributed by atoms with van der Waals surface area (Å²) in [6.07, 6.45) is 3.50. The molecule has 5 rings (SSSR count). The number of sulfonamides is 1. The van der Waals surface area contributed by atoms with Gasteiger partial charge in [-0.1, -0.05) is 47.6 Å². The van der Waals surface area contributed by atoms with Crippen molar-refractivity contribution in [1.29, 1.82) is 0 Å². The van der Waals surface area contributed by atoms with E-state index in [1.54, 1.807) is 19.4 Å². The first-order valence-corrected chi connectivity index (χ1v) is 19.2. The molecule has 3 fully saturated rings. The Labute approximate surface area is 305 Å². The van der Waals surface area contributed by atoms with Crippen molar-refractivity contribution in [2.75, 3.05) is 13.7 Å². The van der Waals surface area contributed by atoms with Crippen LogP contribution in [0.5, 0.6) is 11.6 Å². The molecule has 6 atom stereocenters. The molecule has 1 aromatic carbocycles. The molecule has 2 aliphatic carbocycles. The second-order valence-corrected chi connectivity index (χ2v) is 18.3. The number of likely N-dealkylation sites (tertiary alicyclic amines) is 1. The molecular formula is C37H52N6O8S. The second kappa shape index (κ2) is 14.2. The van der Waals surface area contributed by atoms with Crippen molar-refractivity contribution in [3.63, 3.8) is 0 Å². The van der Waals surface area contributed by atoms with Gasteiger partial charge in [0.05, 0.1) is 18.9 Å². The van der Waals surface area contributed by atoms with E-state index in [9.17, 15) is 27.6 Å². The molecule has 4 N–H and O–H groups in total. The molecule has 1 aromatic heterocycles. The first kappa shape index (κ1) is 38.8. The van der Waals surface area contributed by atoms with Gasteiger partial charge in [-0.05, 0) is 66.7 Å². The topological polar surface area (TPSA) is 185 Å². The van der Waals surface area contributed by atoms with E-state index in [0.717, 1.165) is 5.39 Å². The third kappa shape index (κ3) is 8.29. The van der Waals surface area contributed by atoms with Crippen LogP contribution in [0.25, 0.3) is 10.8 Å². The molecule has 3 aliphatic rings. The summed E-state index contributed by atoms with van der Waals surface area (Å²) < 4.78 is 39.3. The molecule has 284 valence electrons. The Morgan fingerprint density at radius 2 is 1.75 bits per heavy atom. The van der Waals surface area contributed by atoms with Gasteiger partial charge in [-0.3, -0.25) is 19.1 Å². The first-order chi connectivity index (χ1) is 24.2. The van der Waals surface area contributed by atoms with Crippen LogP contribution in [0.3, 0.4) is 0 Å². The molecule has 2 saturated carbocycles. The monoisotopic (exact) mass is 740 g/mol. The summed E-state index contributed by atoms with van der Waals surface area (Å²) in [5, 5.41) is 9.45. The highest BCUT2D eigenvalue weighted by Gasteiger charge is 2.62. The molecule has 2 aromatic rings. The lowest BCUT2D eigenvalue weighted by molar-refractivity contribution is -0.142. The maximum absolute atomic E-state index is 14.6. The molecule has 0 spiro atoms. The van der Waals surface area contributed by atoms with Crippen molar-refractivity contribution in [2.24, 2.45) is 16.7 Å². The van der Waals surface area contributed by atoms with Gasteiger partial charge in [-0.15, -0.1) is 6.58 Å². The number of carbonyl (C=O) groups excluding carboxylic acids is 4. The Kier molecular flexibility index (Phi) is 10.6. The number of hydrogen-bond donors (Lipinski definition) is 4. The normalized spacial score (nSPS) is 24.3. The van der Waals surface area contributed by atoms with Crippen LogP contribution in [0, 0.1) is 16.7 Å². The zero-order valence-electron chi connectivity index (χ0n) is 31.2. The number of rotatable bonds is 12. The van der Waals surface area contributed by atoms with E-state index >= 15 is 0 Å². The maximum Gasteiger partial charge on any atom is 0.315 e. The molecule has 15 heteroatoms. The standard InChI is InChI=1S/C37H52N6O8S/c1-10-23-19-37(23,33(46)42-52(48,49)26-12-13-26)41-30(44)28-18-25(51-31-27-14-11-24(50-9)17-22(27)15-16-38-31)20-43(28)32(45)29(36(6,7)8)40-34(47)39-21(2)35(3,4)5/h10-11,14-17,21,23,25-26,28-29H,1,12-13,18-20H2,2-9H3,(H,41,44)(H,42,46)(H2,39,40,47)/t21-,23+,25+,28-,29+,37+/m0/s1. The average Bonchev–Trinajstić information content (AvgIpc) is 3.99. The molecule has 5 amide bonds. The van der Waals surface area contributed by atoms with Gasteiger partial charge in [0.1, 0.15) is 29.5 Å². The number of amides is 5. The number of fused-ring (bicyclic) bond motifs is 1. The third-order valence-corrected chi connectivity index (χ3v) is 12.2. The molecule has 1 saturated heterocycles. The molecular weight excluding hydrogens is 689 g/mol. The number of benzene rings is 1. The number of nitrogens with one attached hydrogen (secondary N) is 4. The largest absolute Gasteiger partial charge is 0.497 e. The minimum absolute atomic E-state index is 0.0282. The Morgan fingerprint density at radius 3 is 2.33 bits per heavy atom. The van der Waals surface area contributed by atoms with Crippen molar-refractivity contribution in [3.05, 3.63) is 43.1 Å². The van der Waals surface area contributed by atoms with Gasteiger partial charge in [-0.2, -0.15) is 0 Å². The SMILES string of the molecule is C=C[C@@H]1C[C@]1(NC(=O)[C@@H]1C[C@@H](Oc2nccc3cc(OC)ccc23)CN1C(=O)[C@@H](NC(=O)N[C@@H](C)C(C)(C)C)C(C)(C)C)C(=O)NS(=O)(=O)C1CC1. The molecule has 2 heterocycles. The minimum atomic E-state index is -3.89. The van der Waals surface area contributed by atoms with Crippen LogP contribution in [-0.4, -0.2) is 90.7 Å². The van der Waals surface area contributed by atoms with Crippen molar-refractivity contribution in [3.8, 4) is 11.6 Å². The van der Waals surface area contributed by atoms with E-state index in [1.165, 1.54) is 11.0 Å². The number of hydrogen-bond acceptors (Lipinski definition) is 9. The summed E-state index contributed by atoms with van der Waals surface area (Å²) in [4.78, 5) is 61.4. The van der Waals surface area contributed by atoms with Crippen LogP contribution in [0.4, 0.5) is 4.79 Å². The number of pyridine rings is 1. The fraction of sp³-hybridized carbons (Fsp3) is 0.595. The predicted octanol–water partition coefficient (Wildman–Crippen LogP) is 3.41. The quantitative estimate of drug-likeness (QED) is 0.237. The van der Waals surface area contributed by atoms with E-state index in [-0.39, 0.29) is 30.8 Å². The number of methoxy groups -OCH3 is 1.